The highest BCUT2D eigenvalue weighted by Crippen LogP contribution is 2.27. The smallest absolute Gasteiger partial charge is 0.311 e. The Labute approximate surface area is 131 Å². The molecule has 0 aromatic heterocycles. The molecule has 0 bridgehead atoms. The number of hydrogen-bond acceptors (Lipinski definition) is 6. The van der Waals surface area contributed by atoms with Crippen molar-refractivity contribution in [2.24, 2.45) is 0 Å². The Balaban J connectivity index is 2.77. The molecule has 1 aromatic carbocycles. The Morgan fingerprint density at radius 3 is 2.43 bits per heavy atom. The summed E-state index contributed by atoms with van der Waals surface area (Å²) in [5.41, 5.74) is -0.459. The monoisotopic (exact) mass is 320 g/mol. The number of nitriles is 2. The van der Waals surface area contributed by atoms with Gasteiger partial charge in [0, 0.05) is 25.2 Å². The van der Waals surface area contributed by atoms with Gasteiger partial charge in [-0.05, 0) is 6.07 Å². The van der Waals surface area contributed by atoms with Gasteiger partial charge >= 0.3 is 5.69 Å². The normalized spacial score (nSPS) is 9.52. The van der Waals surface area contributed by atoms with E-state index in [0.717, 1.165) is 18.2 Å². The van der Waals surface area contributed by atoms with Crippen LogP contribution >= 0.6 is 0 Å². The van der Waals surface area contributed by atoms with Gasteiger partial charge in [-0.1, -0.05) is 0 Å². The number of nitrogens with zero attached hydrogens (tertiary/aromatic N) is 4. The van der Waals surface area contributed by atoms with Gasteiger partial charge in [-0.2, -0.15) is 10.5 Å². The molecule has 0 spiro atoms. The maximum Gasteiger partial charge on any atom is 0.311 e. The summed E-state index contributed by atoms with van der Waals surface area (Å²) in [6.45, 7) is -0.321. The number of ether oxygens (including phenoxy) is 1. The van der Waals surface area contributed by atoms with Crippen molar-refractivity contribution in [3.05, 3.63) is 34.1 Å². The van der Waals surface area contributed by atoms with Crippen molar-refractivity contribution in [2.75, 3.05) is 19.7 Å². The summed E-state index contributed by atoms with van der Waals surface area (Å²) in [6, 6.07) is 6.43. The third-order valence-corrected chi connectivity index (χ3v) is 2.81. The number of nitro benzene ring substituents is 1. The number of rotatable bonds is 8. The summed E-state index contributed by atoms with van der Waals surface area (Å²) in [5.74, 6) is -1.64. The molecule has 23 heavy (non-hydrogen) atoms. The quantitative estimate of drug-likeness (QED) is 0.531. The van der Waals surface area contributed by atoms with E-state index < -0.39 is 28.9 Å². The van der Waals surface area contributed by atoms with E-state index in [1.165, 1.54) is 4.90 Å². The molecule has 0 unspecified atom stereocenters. The molecule has 0 aliphatic heterocycles. The fourth-order valence-electron chi connectivity index (χ4n) is 1.72. The zero-order valence-corrected chi connectivity index (χ0v) is 12.1. The minimum atomic E-state index is -0.748. The minimum Gasteiger partial charge on any atom is -0.477 e. The lowest BCUT2D eigenvalue weighted by Crippen LogP contribution is -2.36. The van der Waals surface area contributed by atoms with Crippen LogP contribution in [-0.4, -0.2) is 35.4 Å². The lowest BCUT2D eigenvalue weighted by molar-refractivity contribution is -0.385. The van der Waals surface area contributed by atoms with Crippen molar-refractivity contribution in [3.8, 4) is 17.9 Å². The first-order valence-electron chi connectivity index (χ1n) is 6.58. The molecule has 0 aliphatic carbocycles. The lowest BCUT2D eigenvalue weighted by atomic mass is 10.3. The van der Waals surface area contributed by atoms with Gasteiger partial charge in [0.05, 0.1) is 29.9 Å². The maximum atomic E-state index is 13.2. The van der Waals surface area contributed by atoms with E-state index in [0.29, 0.717) is 0 Å². The largest absolute Gasteiger partial charge is 0.477 e. The van der Waals surface area contributed by atoms with Gasteiger partial charge in [0.25, 0.3) is 5.91 Å². The van der Waals surface area contributed by atoms with Crippen LogP contribution in [0.5, 0.6) is 5.75 Å². The first kappa shape index (κ1) is 17.9. The fourth-order valence-corrected chi connectivity index (χ4v) is 1.72. The van der Waals surface area contributed by atoms with Crippen molar-refractivity contribution >= 4 is 11.6 Å². The van der Waals surface area contributed by atoms with Crippen LogP contribution in [0, 0.1) is 38.6 Å². The van der Waals surface area contributed by atoms with Gasteiger partial charge in [0.15, 0.2) is 6.61 Å². The van der Waals surface area contributed by atoms with Crippen molar-refractivity contribution < 1.29 is 18.8 Å². The Morgan fingerprint density at radius 1 is 1.30 bits per heavy atom. The Hall–Kier alpha value is -3.20. The van der Waals surface area contributed by atoms with Crippen molar-refractivity contribution in [1.29, 1.82) is 10.5 Å². The highest BCUT2D eigenvalue weighted by atomic mass is 19.1. The third-order valence-electron chi connectivity index (χ3n) is 2.81. The second kappa shape index (κ2) is 8.95. The molecule has 9 heteroatoms. The van der Waals surface area contributed by atoms with Gasteiger partial charge in [-0.25, -0.2) is 4.39 Å². The molecule has 0 aliphatic rings. The van der Waals surface area contributed by atoms with Crippen LogP contribution in [0.1, 0.15) is 12.8 Å². The number of nitro groups is 1. The molecule has 0 saturated carbocycles. The lowest BCUT2D eigenvalue weighted by Gasteiger charge is -2.20. The number of carbonyl (C=O) groups excluding carboxylic acids is 1. The van der Waals surface area contributed by atoms with Crippen molar-refractivity contribution in [2.45, 2.75) is 12.8 Å². The fraction of sp³-hybridized carbons (Fsp3) is 0.357. The number of amides is 1. The minimum absolute atomic E-state index is 0.0806. The van der Waals surface area contributed by atoms with Crippen LogP contribution in [0.15, 0.2) is 18.2 Å². The highest BCUT2D eigenvalue weighted by Gasteiger charge is 2.19. The molecule has 0 heterocycles. The Morgan fingerprint density at radius 2 is 1.91 bits per heavy atom. The summed E-state index contributed by atoms with van der Waals surface area (Å²) in [7, 11) is 0. The zero-order chi connectivity index (χ0) is 17.2. The van der Waals surface area contributed by atoms with Crippen LogP contribution in [0.25, 0.3) is 0 Å². The number of benzene rings is 1. The average molecular weight is 320 g/mol. The second-order valence-electron chi connectivity index (χ2n) is 4.35. The molecule has 0 saturated heterocycles. The molecule has 0 atom stereocenters. The van der Waals surface area contributed by atoms with Crippen LogP contribution in [0.2, 0.25) is 0 Å². The Kier molecular flexibility index (Phi) is 6.95. The predicted octanol–water partition coefficient (Wildman–Crippen LogP) is 1.77. The van der Waals surface area contributed by atoms with Crippen LogP contribution in [0.3, 0.4) is 0 Å². The van der Waals surface area contributed by atoms with Gasteiger partial charge in [0.2, 0.25) is 5.75 Å². The number of halogens is 1. The van der Waals surface area contributed by atoms with Gasteiger partial charge in [-0.15, -0.1) is 0 Å². The zero-order valence-electron chi connectivity index (χ0n) is 12.1. The number of hydrogen-bond donors (Lipinski definition) is 0. The van der Waals surface area contributed by atoms with E-state index in [4.69, 9.17) is 15.3 Å². The summed E-state index contributed by atoms with van der Waals surface area (Å²) in [5, 5.41) is 27.9. The molecular weight excluding hydrogens is 307 g/mol. The molecule has 120 valence electrons. The predicted molar refractivity (Wildman–Crippen MR) is 75.6 cm³/mol. The Bertz CT molecular complexity index is 648. The SMILES string of the molecule is N#CCCN(CCC#N)C(=O)COc1cc(F)ccc1[N+](=O)[O-]. The molecule has 0 N–H and O–H groups in total. The molecule has 1 amide bonds. The van der Waals surface area contributed by atoms with Crippen LogP contribution in [0.4, 0.5) is 10.1 Å². The first-order valence-corrected chi connectivity index (χ1v) is 6.58. The summed E-state index contributed by atoms with van der Waals surface area (Å²) < 4.78 is 18.2. The van der Waals surface area contributed by atoms with Gasteiger partial charge in [0.1, 0.15) is 5.82 Å². The molecule has 8 nitrogen and oxygen atoms in total. The van der Waals surface area contributed by atoms with E-state index >= 15 is 0 Å². The van der Waals surface area contributed by atoms with Gasteiger partial charge in [-0.3, -0.25) is 14.9 Å². The molecular formula is C14H13FN4O4. The highest BCUT2D eigenvalue weighted by molar-refractivity contribution is 5.78. The first-order chi connectivity index (χ1) is 11.0. The molecule has 1 rings (SSSR count). The van der Waals surface area contributed by atoms with E-state index in [1.54, 1.807) is 0 Å². The molecule has 1 aromatic rings. The summed E-state index contributed by atoms with van der Waals surface area (Å²) in [6.07, 6.45) is 0.161. The van der Waals surface area contributed by atoms with Crippen molar-refractivity contribution in [3.63, 3.8) is 0 Å². The second-order valence-corrected chi connectivity index (χ2v) is 4.35. The van der Waals surface area contributed by atoms with Gasteiger partial charge < -0.3 is 9.64 Å². The van der Waals surface area contributed by atoms with E-state index in [2.05, 4.69) is 0 Å². The van der Waals surface area contributed by atoms with E-state index in [9.17, 15) is 19.3 Å². The van der Waals surface area contributed by atoms with Crippen LogP contribution < -0.4 is 4.74 Å². The van der Waals surface area contributed by atoms with Crippen molar-refractivity contribution in [1.82, 2.24) is 4.90 Å². The third kappa shape index (κ3) is 5.59. The molecule has 0 radical (unpaired) electrons. The maximum absolute atomic E-state index is 13.2. The van der Waals surface area contributed by atoms with E-state index in [-0.39, 0.29) is 31.7 Å². The average Bonchev–Trinajstić information content (AvgIpc) is 2.52. The van der Waals surface area contributed by atoms with E-state index in [1.807, 2.05) is 12.1 Å². The topological polar surface area (TPSA) is 120 Å². The standard InChI is InChI=1S/C14H13FN4O4/c15-11-3-4-12(19(21)22)13(9-11)23-10-14(20)18(7-1-5-16)8-2-6-17/h3-4,9H,1-2,7-8,10H2. The van der Waals surface area contributed by atoms with Crippen LogP contribution in [-0.2, 0) is 4.79 Å². The summed E-state index contributed by atoms with van der Waals surface area (Å²) >= 11 is 0. The summed E-state index contributed by atoms with van der Waals surface area (Å²) in [4.78, 5) is 23.3. The molecule has 0 fully saturated rings. The number of carbonyl (C=O) groups is 1.